The number of hydrogen-bond donors (Lipinski definition) is 2. The van der Waals surface area contributed by atoms with Crippen molar-refractivity contribution in [3.8, 4) is 5.75 Å². The van der Waals surface area contributed by atoms with Gasteiger partial charge in [0.2, 0.25) is 0 Å². The molecule has 0 saturated carbocycles. The number of para-hydroxylation sites is 2. The molecule has 7 heteroatoms. The molecule has 3 aromatic rings. The minimum absolute atomic E-state index is 0.0269. The summed E-state index contributed by atoms with van der Waals surface area (Å²) in [6.07, 6.45) is 1.52. The lowest BCUT2D eigenvalue weighted by Gasteiger charge is -2.15. The van der Waals surface area contributed by atoms with Gasteiger partial charge in [0.15, 0.2) is 0 Å². The highest BCUT2D eigenvalue weighted by molar-refractivity contribution is 6.03. The van der Waals surface area contributed by atoms with E-state index in [0.29, 0.717) is 17.5 Å². The number of ether oxygens (including phenoxy) is 1. The van der Waals surface area contributed by atoms with Crippen molar-refractivity contribution < 1.29 is 18.3 Å². The van der Waals surface area contributed by atoms with E-state index in [-0.39, 0.29) is 17.5 Å². The van der Waals surface area contributed by atoms with E-state index >= 15 is 0 Å². The number of aromatic nitrogens is 1. The number of rotatable bonds is 6. The molecule has 144 valence electrons. The van der Waals surface area contributed by atoms with E-state index in [9.17, 15) is 13.6 Å². The number of nitrogens with one attached hydrogen (secondary N) is 2. The van der Waals surface area contributed by atoms with Crippen molar-refractivity contribution in [3.63, 3.8) is 0 Å². The van der Waals surface area contributed by atoms with Crippen molar-refractivity contribution in [3.05, 3.63) is 78.1 Å². The van der Waals surface area contributed by atoms with Gasteiger partial charge in [-0.3, -0.25) is 4.79 Å². The highest BCUT2D eigenvalue weighted by Crippen LogP contribution is 2.28. The average Bonchev–Trinajstić information content (AvgIpc) is 2.66. The van der Waals surface area contributed by atoms with Crippen LogP contribution in [0.1, 0.15) is 24.3 Å². The maximum Gasteiger partial charge on any atom is 0.274 e. The van der Waals surface area contributed by atoms with Crippen molar-refractivity contribution in [1.29, 1.82) is 0 Å². The average molecular weight is 383 g/mol. The molecule has 3 rings (SSSR count). The molecule has 2 aromatic carbocycles. The number of anilines is 3. The second-order valence-electron chi connectivity index (χ2n) is 6.30. The summed E-state index contributed by atoms with van der Waals surface area (Å²) in [5.74, 6) is -1.47. The van der Waals surface area contributed by atoms with Gasteiger partial charge in [-0.15, -0.1) is 0 Å². The van der Waals surface area contributed by atoms with Gasteiger partial charge in [-0.2, -0.15) is 0 Å². The number of hydrogen-bond acceptors (Lipinski definition) is 4. The van der Waals surface area contributed by atoms with Crippen molar-refractivity contribution in [1.82, 2.24) is 4.98 Å². The van der Waals surface area contributed by atoms with Gasteiger partial charge in [-0.25, -0.2) is 13.8 Å². The first-order valence-corrected chi connectivity index (χ1v) is 8.67. The molecular formula is C21H19F2N3O2. The fourth-order valence-electron chi connectivity index (χ4n) is 2.46. The van der Waals surface area contributed by atoms with E-state index in [4.69, 9.17) is 4.74 Å². The van der Waals surface area contributed by atoms with Gasteiger partial charge < -0.3 is 15.4 Å². The van der Waals surface area contributed by atoms with Crippen LogP contribution in [0.3, 0.4) is 0 Å². The third-order valence-corrected chi connectivity index (χ3v) is 3.70. The van der Waals surface area contributed by atoms with Gasteiger partial charge >= 0.3 is 0 Å². The SMILES string of the molecule is CC(C)Oc1ccccc1Nc1ccc(C(=O)Nc2ccc(F)cc2F)nc1. The van der Waals surface area contributed by atoms with Crippen molar-refractivity contribution in [2.24, 2.45) is 0 Å². The molecule has 0 unspecified atom stereocenters. The minimum atomic E-state index is -0.853. The third-order valence-electron chi connectivity index (χ3n) is 3.70. The monoisotopic (exact) mass is 383 g/mol. The van der Waals surface area contributed by atoms with Crippen molar-refractivity contribution in [2.45, 2.75) is 20.0 Å². The van der Waals surface area contributed by atoms with Crippen LogP contribution in [0.15, 0.2) is 60.8 Å². The Balaban J connectivity index is 1.71. The zero-order chi connectivity index (χ0) is 20.1. The summed E-state index contributed by atoms with van der Waals surface area (Å²) in [5, 5.41) is 5.56. The molecule has 0 spiro atoms. The molecule has 0 aliphatic heterocycles. The zero-order valence-electron chi connectivity index (χ0n) is 15.4. The van der Waals surface area contributed by atoms with Gasteiger partial charge in [0.1, 0.15) is 23.1 Å². The van der Waals surface area contributed by atoms with Crippen LogP contribution >= 0.6 is 0 Å². The third kappa shape index (κ3) is 4.82. The number of halogens is 2. The molecule has 0 saturated heterocycles. The van der Waals surface area contributed by atoms with Crippen LogP contribution in [-0.2, 0) is 0 Å². The Bertz CT molecular complexity index is 976. The first-order valence-electron chi connectivity index (χ1n) is 8.67. The Labute approximate surface area is 161 Å². The summed E-state index contributed by atoms with van der Waals surface area (Å²) >= 11 is 0. The van der Waals surface area contributed by atoms with E-state index in [1.165, 1.54) is 12.3 Å². The predicted octanol–water partition coefficient (Wildman–Crippen LogP) is 5.14. The smallest absolute Gasteiger partial charge is 0.274 e. The summed E-state index contributed by atoms with van der Waals surface area (Å²) < 4.78 is 32.4. The highest BCUT2D eigenvalue weighted by atomic mass is 19.1. The minimum Gasteiger partial charge on any atom is -0.489 e. The van der Waals surface area contributed by atoms with E-state index in [2.05, 4.69) is 15.6 Å². The van der Waals surface area contributed by atoms with Crippen LogP contribution in [0.25, 0.3) is 0 Å². The molecule has 0 aliphatic carbocycles. The molecule has 1 aromatic heterocycles. The fraction of sp³-hybridized carbons (Fsp3) is 0.143. The van der Waals surface area contributed by atoms with Crippen LogP contribution in [-0.4, -0.2) is 17.0 Å². The zero-order valence-corrected chi connectivity index (χ0v) is 15.4. The number of carbonyl (C=O) groups is 1. The van der Waals surface area contributed by atoms with Crippen molar-refractivity contribution in [2.75, 3.05) is 10.6 Å². The number of amides is 1. The van der Waals surface area contributed by atoms with Crippen molar-refractivity contribution >= 4 is 23.0 Å². The van der Waals surface area contributed by atoms with Crippen LogP contribution in [0.5, 0.6) is 5.75 Å². The predicted molar refractivity (Wildman–Crippen MR) is 104 cm³/mol. The first-order chi connectivity index (χ1) is 13.4. The number of nitrogens with zero attached hydrogens (tertiary/aromatic N) is 1. The fourth-order valence-corrected chi connectivity index (χ4v) is 2.46. The Morgan fingerprint density at radius 1 is 1.04 bits per heavy atom. The first kappa shape index (κ1) is 19.3. The Kier molecular flexibility index (Phi) is 5.84. The molecule has 0 bridgehead atoms. The van der Waals surface area contributed by atoms with Crippen LogP contribution in [0, 0.1) is 11.6 Å². The summed E-state index contributed by atoms with van der Waals surface area (Å²) in [5.41, 5.74) is 1.41. The summed E-state index contributed by atoms with van der Waals surface area (Å²) in [6, 6.07) is 13.6. The van der Waals surface area contributed by atoms with Gasteiger partial charge in [0.25, 0.3) is 5.91 Å². The number of carbonyl (C=O) groups excluding carboxylic acids is 1. The molecule has 28 heavy (non-hydrogen) atoms. The van der Waals surface area contributed by atoms with Gasteiger partial charge in [-0.1, -0.05) is 12.1 Å². The summed E-state index contributed by atoms with van der Waals surface area (Å²) in [7, 11) is 0. The quantitative estimate of drug-likeness (QED) is 0.618. The highest BCUT2D eigenvalue weighted by Gasteiger charge is 2.12. The molecule has 1 heterocycles. The lowest BCUT2D eigenvalue weighted by molar-refractivity contribution is 0.102. The largest absolute Gasteiger partial charge is 0.489 e. The van der Waals surface area contributed by atoms with Crippen LogP contribution in [0.2, 0.25) is 0 Å². The van der Waals surface area contributed by atoms with Gasteiger partial charge in [0.05, 0.1) is 29.4 Å². The second-order valence-corrected chi connectivity index (χ2v) is 6.30. The second kappa shape index (κ2) is 8.47. The molecule has 5 nitrogen and oxygen atoms in total. The van der Waals surface area contributed by atoms with E-state index < -0.39 is 17.5 Å². The molecular weight excluding hydrogens is 364 g/mol. The molecule has 0 aliphatic rings. The maximum absolute atomic E-state index is 13.7. The van der Waals surface area contributed by atoms with E-state index in [1.807, 2.05) is 38.1 Å². The topological polar surface area (TPSA) is 63.2 Å². The molecule has 0 atom stereocenters. The Morgan fingerprint density at radius 3 is 2.50 bits per heavy atom. The lowest BCUT2D eigenvalue weighted by atomic mass is 10.2. The Morgan fingerprint density at radius 2 is 1.82 bits per heavy atom. The summed E-state index contributed by atoms with van der Waals surface area (Å²) in [4.78, 5) is 16.3. The van der Waals surface area contributed by atoms with Gasteiger partial charge in [-0.05, 0) is 50.2 Å². The maximum atomic E-state index is 13.7. The van der Waals surface area contributed by atoms with E-state index in [1.54, 1.807) is 6.07 Å². The normalized spacial score (nSPS) is 10.6. The summed E-state index contributed by atoms with van der Waals surface area (Å²) in [6.45, 7) is 3.88. The molecule has 0 fully saturated rings. The molecule has 2 N–H and O–H groups in total. The lowest BCUT2D eigenvalue weighted by Crippen LogP contribution is -2.14. The number of benzene rings is 2. The standard InChI is InChI=1S/C21H19F2N3O2/c1-13(2)28-20-6-4-3-5-18(20)25-15-8-10-19(24-12-15)21(27)26-17-9-7-14(22)11-16(17)23/h3-13,25H,1-2H3,(H,26,27). The van der Waals surface area contributed by atoms with Gasteiger partial charge in [0, 0.05) is 6.07 Å². The van der Waals surface area contributed by atoms with Crippen LogP contribution < -0.4 is 15.4 Å². The molecule has 0 radical (unpaired) electrons. The van der Waals surface area contributed by atoms with E-state index in [0.717, 1.165) is 17.8 Å². The Hall–Kier alpha value is -3.48. The molecule has 1 amide bonds. The van der Waals surface area contributed by atoms with Crippen LogP contribution in [0.4, 0.5) is 25.8 Å². The number of pyridine rings is 1.